The molecular formula is C16H22Cl2N2O. The number of hydrogen-bond donors (Lipinski definition) is 0. The second kappa shape index (κ2) is 7.59. The van der Waals surface area contributed by atoms with Crippen LogP contribution >= 0.6 is 23.2 Å². The molecule has 21 heavy (non-hydrogen) atoms. The number of ketones is 1. The van der Waals surface area contributed by atoms with E-state index in [1.165, 1.54) is 19.4 Å². The highest BCUT2D eigenvalue weighted by atomic mass is 35.5. The van der Waals surface area contributed by atoms with Crippen LogP contribution in [0.25, 0.3) is 0 Å². The van der Waals surface area contributed by atoms with Gasteiger partial charge < -0.3 is 9.80 Å². The Morgan fingerprint density at radius 1 is 1.43 bits per heavy atom. The smallest absolute Gasteiger partial charge is 0.165 e. The van der Waals surface area contributed by atoms with E-state index in [4.69, 9.17) is 23.2 Å². The second-order valence-electron chi connectivity index (χ2n) is 5.81. The van der Waals surface area contributed by atoms with Crippen LogP contribution in [0.3, 0.4) is 0 Å². The number of nitrogens with zero attached hydrogens (tertiary/aromatic N) is 2. The van der Waals surface area contributed by atoms with Gasteiger partial charge >= 0.3 is 0 Å². The summed E-state index contributed by atoms with van der Waals surface area (Å²) in [7, 11) is 4.24. The van der Waals surface area contributed by atoms with Crippen molar-refractivity contribution >= 4 is 29.0 Å². The zero-order valence-corrected chi connectivity index (χ0v) is 14.1. The number of hydrogen-bond acceptors (Lipinski definition) is 3. The fourth-order valence-corrected chi connectivity index (χ4v) is 3.22. The fourth-order valence-electron chi connectivity index (χ4n) is 2.81. The molecule has 1 unspecified atom stereocenters. The summed E-state index contributed by atoms with van der Waals surface area (Å²) in [6, 6.07) is 5.74. The van der Waals surface area contributed by atoms with Crippen LogP contribution in [0.4, 0.5) is 0 Å². The van der Waals surface area contributed by atoms with Crippen LogP contribution in [0.2, 0.25) is 10.0 Å². The first-order valence-electron chi connectivity index (χ1n) is 7.35. The van der Waals surface area contributed by atoms with Gasteiger partial charge in [-0.3, -0.25) is 4.79 Å². The number of likely N-dealkylation sites (N-methyl/N-ethyl adjacent to an activating group) is 2. The van der Waals surface area contributed by atoms with Crippen LogP contribution in [0.15, 0.2) is 18.2 Å². The van der Waals surface area contributed by atoms with Crippen molar-refractivity contribution in [1.82, 2.24) is 9.80 Å². The summed E-state index contributed by atoms with van der Waals surface area (Å²) in [5, 5.41) is 0.800. The summed E-state index contributed by atoms with van der Waals surface area (Å²) in [6.07, 6.45) is 2.89. The van der Waals surface area contributed by atoms with Crippen LogP contribution in [0.1, 0.15) is 29.6 Å². The molecule has 1 saturated heterocycles. The van der Waals surface area contributed by atoms with Gasteiger partial charge in [0.05, 0.1) is 10.0 Å². The minimum Gasteiger partial charge on any atom is -0.305 e. The zero-order chi connectivity index (χ0) is 15.4. The monoisotopic (exact) mass is 328 g/mol. The van der Waals surface area contributed by atoms with E-state index in [9.17, 15) is 4.79 Å². The molecule has 0 aromatic heterocycles. The minimum atomic E-state index is 0.0542. The quantitative estimate of drug-likeness (QED) is 0.771. The van der Waals surface area contributed by atoms with E-state index < -0.39 is 0 Å². The molecule has 0 bridgehead atoms. The standard InChI is InChI=1S/C16H22Cl2N2O/c1-19-9-4-5-12(11-19)20(2)10-8-15(21)13-6-3-7-14(17)16(13)18/h3,6-7,12H,4-5,8-11H2,1-2H3. The van der Waals surface area contributed by atoms with Gasteiger partial charge in [0, 0.05) is 31.1 Å². The molecule has 1 aromatic rings. The average molecular weight is 329 g/mol. The molecule has 3 nitrogen and oxygen atoms in total. The van der Waals surface area contributed by atoms with Crippen molar-refractivity contribution in [3.05, 3.63) is 33.8 Å². The lowest BCUT2D eigenvalue weighted by Gasteiger charge is -2.35. The van der Waals surface area contributed by atoms with Crippen LogP contribution in [0, 0.1) is 0 Å². The van der Waals surface area contributed by atoms with Gasteiger partial charge in [0.1, 0.15) is 0 Å². The molecule has 0 radical (unpaired) electrons. The van der Waals surface area contributed by atoms with Crippen molar-refractivity contribution in [2.75, 3.05) is 33.7 Å². The molecular weight excluding hydrogens is 307 g/mol. The van der Waals surface area contributed by atoms with E-state index in [0.717, 1.165) is 13.1 Å². The molecule has 1 fully saturated rings. The van der Waals surface area contributed by atoms with E-state index in [0.29, 0.717) is 28.1 Å². The van der Waals surface area contributed by atoms with E-state index in [1.54, 1.807) is 18.2 Å². The summed E-state index contributed by atoms with van der Waals surface area (Å²) in [6.45, 7) is 2.99. The number of rotatable bonds is 5. The number of piperidine rings is 1. The largest absolute Gasteiger partial charge is 0.305 e. The van der Waals surface area contributed by atoms with Crippen molar-refractivity contribution < 1.29 is 4.79 Å². The number of halogens is 2. The summed E-state index contributed by atoms with van der Waals surface area (Å²) in [5.74, 6) is 0.0542. The van der Waals surface area contributed by atoms with E-state index >= 15 is 0 Å². The Labute approximate surface area is 136 Å². The van der Waals surface area contributed by atoms with Crippen molar-refractivity contribution in [3.63, 3.8) is 0 Å². The normalized spacial score (nSPS) is 20.0. The Morgan fingerprint density at radius 2 is 2.19 bits per heavy atom. The number of carbonyl (C=O) groups excluding carboxylic acids is 1. The van der Waals surface area contributed by atoms with Gasteiger partial charge in [-0.2, -0.15) is 0 Å². The van der Waals surface area contributed by atoms with E-state index in [2.05, 4.69) is 23.9 Å². The zero-order valence-electron chi connectivity index (χ0n) is 12.6. The molecule has 116 valence electrons. The average Bonchev–Trinajstić information content (AvgIpc) is 2.47. The van der Waals surface area contributed by atoms with Crippen molar-refractivity contribution in [2.45, 2.75) is 25.3 Å². The molecule has 1 atom stereocenters. The topological polar surface area (TPSA) is 23.6 Å². The molecule has 1 aliphatic rings. The number of likely N-dealkylation sites (tertiary alicyclic amines) is 1. The van der Waals surface area contributed by atoms with Gasteiger partial charge in [0.25, 0.3) is 0 Å². The third-order valence-corrected chi connectivity index (χ3v) is 4.99. The number of Topliss-reactive ketones (excluding diaryl/α,β-unsaturated/α-hetero) is 1. The molecule has 1 heterocycles. The third-order valence-electron chi connectivity index (χ3n) is 4.17. The van der Waals surface area contributed by atoms with Crippen LogP contribution in [-0.2, 0) is 0 Å². The van der Waals surface area contributed by atoms with Gasteiger partial charge in [0.2, 0.25) is 0 Å². The highest BCUT2D eigenvalue weighted by molar-refractivity contribution is 6.43. The van der Waals surface area contributed by atoms with Crippen molar-refractivity contribution in [2.24, 2.45) is 0 Å². The molecule has 5 heteroatoms. The van der Waals surface area contributed by atoms with Gasteiger partial charge in [0.15, 0.2) is 5.78 Å². The Morgan fingerprint density at radius 3 is 2.90 bits per heavy atom. The molecule has 2 rings (SSSR count). The molecule has 0 N–H and O–H groups in total. The Hall–Kier alpha value is -0.610. The predicted octanol–water partition coefficient (Wildman–Crippen LogP) is 3.59. The summed E-state index contributed by atoms with van der Waals surface area (Å²) in [4.78, 5) is 16.9. The van der Waals surface area contributed by atoms with E-state index in [-0.39, 0.29) is 5.78 Å². The maximum absolute atomic E-state index is 12.3. The highest BCUT2D eigenvalue weighted by Gasteiger charge is 2.22. The molecule has 0 spiro atoms. The van der Waals surface area contributed by atoms with Crippen LogP contribution in [-0.4, -0.2) is 55.4 Å². The molecule has 1 aliphatic heterocycles. The molecule has 0 aliphatic carbocycles. The first-order chi connectivity index (χ1) is 9.99. The van der Waals surface area contributed by atoms with Gasteiger partial charge in [-0.1, -0.05) is 29.3 Å². The Bertz CT molecular complexity index is 507. The fraction of sp³-hybridized carbons (Fsp3) is 0.562. The molecule has 0 amide bonds. The minimum absolute atomic E-state index is 0.0542. The van der Waals surface area contributed by atoms with Gasteiger partial charge in [-0.15, -0.1) is 0 Å². The number of benzene rings is 1. The maximum Gasteiger partial charge on any atom is 0.165 e. The predicted molar refractivity (Wildman–Crippen MR) is 88.6 cm³/mol. The second-order valence-corrected chi connectivity index (χ2v) is 6.60. The third kappa shape index (κ3) is 4.43. The summed E-state index contributed by atoms with van der Waals surface area (Å²) < 4.78 is 0. The molecule has 1 aromatic carbocycles. The lowest BCUT2D eigenvalue weighted by molar-refractivity contribution is 0.0932. The first-order valence-corrected chi connectivity index (χ1v) is 8.10. The van der Waals surface area contributed by atoms with Gasteiger partial charge in [-0.05, 0) is 45.6 Å². The van der Waals surface area contributed by atoms with Crippen molar-refractivity contribution in [1.29, 1.82) is 0 Å². The first kappa shape index (κ1) is 16.8. The number of carbonyl (C=O) groups is 1. The van der Waals surface area contributed by atoms with Gasteiger partial charge in [-0.25, -0.2) is 0 Å². The SMILES string of the molecule is CN1CCCC(N(C)CCC(=O)c2cccc(Cl)c2Cl)C1. The summed E-state index contributed by atoms with van der Waals surface area (Å²) in [5.41, 5.74) is 0.526. The van der Waals surface area contributed by atoms with Crippen LogP contribution in [0.5, 0.6) is 0 Å². The van der Waals surface area contributed by atoms with E-state index in [1.807, 2.05) is 0 Å². The van der Waals surface area contributed by atoms with Crippen LogP contribution < -0.4 is 0 Å². The maximum atomic E-state index is 12.3. The Kier molecular flexibility index (Phi) is 6.06. The summed E-state index contributed by atoms with van der Waals surface area (Å²) >= 11 is 12.1. The Balaban J connectivity index is 1.90. The lowest BCUT2D eigenvalue weighted by Crippen LogP contribution is -2.45. The highest BCUT2D eigenvalue weighted by Crippen LogP contribution is 2.26. The molecule has 0 saturated carbocycles. The van der Waals surface area contributed by atoms with Crippen molar-refractivity contribution in [3.8, 4) is 0 Å². The lowest BCUT2D eigenvalue weighted by atomic mass is 10.0.